The lowest BCUT2D eigenvalue weighted by Gasteiger charge is -2.30. The predicted molar refractivity (Wildman–Crippen MR) is 123 cm³/mol. The summed E-state index contributed by atoms with van der Waals surface area (Å²) in [7, 11) is 0. The Morgan fingerprint density at radius 1 is 1.09 bits per heavy atom. The molecule has 2 aromatic carbocycles. The van der Waals surface area contributed by atoms with Gasteiger partial charge in [0, 0.05) is 24.3 Å². The van der Waals surface area contributed by atoms with Gasteiger partial charge in [0.05, 0.1) is 5.69 Å². The van der Waals surface area contributed by atoms with Crippen molar-refractivity contribution >= 4 is 17.4 Å². The molecule has 166 valence electrons. The van der Waals surface area contributed by atoms with Crippen molar-refractivity contribution in [1.82, 2.24) is 10.2 Å². The maximum atomic E-state index is 13.0. The van der Waals surface area contributed by atoms with Crippen LogP contribution in [-0.4, -0.2) is 35.3 Å². The summed E-state index contributed by atoms with van der Waals surface area (Å²) in [6.07, 6.45) is 1.61. The van der Waals surface area contributed by atoms with E-state index in [4.69, 9.17) is 4.74 Å². The highest BCUT2D eigenvalue weighted by atomic mass is 19.1. The zero-order chi connectivity index (χ0) is 22.5. The molecule has 1 fully saturated rings. The van der Waals surface area contributed by atoms with Gasteiger partial charge in [-0.05, 0) is 74.2 Å². The molecule has 1 unspecified atom stereocenters. The SMILES string of the molecule is CC1CCN(c2ccc(-c3cccc(NC(=O)C(C)Oc4ccc(F)cc4)c3)nn2)CC1. The van der Waals surface area contributed by atoms with E-state index >= 15 is 0 Å². The number of carbonyl (C=O) groups excluding carboxylic acids is 1. The topological polar surface area (TPSA) is 67.4 Å². The maximum absolute atomic E-state index is 13.0. The van der Waals surface area contributed by atoms with Crippen LogP contribution in [0.3, 0.4) is 0 Å². The van der Waals surface area contributed by atoms with Crippen LogP contribution >= 0.6 is 0 Å². The third kappa shape index (κ3) is 5.41. The number of nitrogens with one attached hydrogen (secondary N) is 1. The lowest BCUT2D eigenvalue weighted by molar-refractivity contribution is -0.122. The molecule has 0 saturated carbocycles. The van der Waals surface area contributed by atoms with E-state index in [1.54, 1.807) is 6.92 Å². The van der Waals surface area contributed by atoms with E-state index in [1.165, 1.54) is 37.1 Å². The Balaban J connectivity index is 1.39. The Labute approximate surface area is 187 Å². The number of nitrogens with zero attached hydrogens (tertiary/aromatic N) is 3. The van der Waals surface area contributed by atoms with Crippen molar-refractivity contribution in [3.63, 3.8) is 0 Å². The molecular weight excluding hydrogens is 407 g/mol. The second kappa shape index (κ2) is 9.77. The average molecular weight is 435 g/mol. The van der Waals surface area contributed by atoms with E-state index in [1.807, 2.05) is 36.4 Å². The summed E-state index contributed by atoms with van der Waals surface area (Å²) >= 11 is 0. The lowest BCUT2D eigenvalue weighted by Crippen LogP contribution is -2.33. The maximum Gasteiger partial charge on any atom is 0.265 e. The number of halogens is 1. The molecule has 1 N–H and O–H groups in total. The van der Waals surface area contributed by atoms with E-state index in [9.17, 15) is 9.18 Å². The molecule has 0 aliphatic carbocycles. The molecule has 32 heavy (non-hydrogen) atoms. The standard InChI is InChI=1S/C25H27FN4O2/c1-17-12-14-30(15-13-17)24-11-10-23(28-29-24)19-4-3-5-21(16-19)27-25(31)18(2)32-22-8-6-20(26)7-9-22/h3-11,16-18H,12-15H2,1-2H3,(H,27,31). The first kappa shape index (κ1) is 21.7. The Morgan fingerprint density at radius 3 is 2.53 bits per heavy atom. The number of aromatic nitrogens is 2. The van der Waals surface area contributed by atoms with E-state index < -0.39 is 6.10 Å². The third-order valence-corrected chi connectivity index (χ3v) is 5.68. The largest absolute Gasteiger partial charge is 0.481 e. The molecule has 1 amide bonds. The molecule has 1 atom stereocenters. The van der Waals surface area contributed by atoms with E-state index in [2.05, 4.69) is 27.3 Å². The molecule has 0 spiro atoms. The summed E-state index contributed by atoms with van der Waals surface area (Å²) in [5, 5.41) is 11.7. The van der Waals surface area contributed by atoms with Gasteiger partial charge >= 0.3 is 0 Å². The molecule has 0 radical (unpaired) electrons. The van der Waals surface area contributed by atoms with Crippen LogP contribution in [-0.2, 0) is 4.79 Å². The van der Waals surface area contributed by atoms with Crippen molar-refractivity contribution in [2.45, 2.75) is 32.8 Å². The van der Waals surface area contributed by atoms with Crippen LogP contribution in [0.4, 0.5) is 15.9 Å². The van der Waals surface area contributed by atoms with Crippen molar-refractivity contribution in [2.75, 3.05) is 23.3 Å². The third-order valence-electron chi connectivity index (χ3n) is 5.68. The quantitative estimate of drug-likeness (QED) is 0.596. The molecule has 1 aliphatic heterocycles. The van der Waals surface area contributed by atoms with Gasteiger partial charge in [-0.25, -0.2) is 4.39 Å². The van der Waals surface area contributed by atoms with Gasteiger partial charge in [-0.1, -0.05) is 19.1 Å². The fraction of sp³-hybridized carbons (Fsp3) is 0.320. The number of benzene rings is 2. The molecule has 6 nitrogen and oxygen atoms in total. The second-order valence-electron chi connectivity index (χ2n) is 8.23. The monoisotopic (exact) mass is 434 g/mol. The van der Waals surface area contributed by atoms with Gasteiger partial charge in [0.1, 0.15) is 11.6 Å². The molecule has 7 heteroatoms. The summed E-state index contributed by atoms with van der Waals surface area (Å²) in [6.45, 7) is 5.95. The predicted octanol–water partition coefficient (Wildman–Crippen LogP) is 4.93. The van der Waals surface area contributed by atoms with Crippen molar-refractivity contribution in [2.24, 2.45) is 5.92 Å². The molecule has 0 bridgehead atoms. The molecule has 4 rings (SSSR count). The minimum atomic E-state index is -0.740. The number of amides is 1. The number of hydrogen-bond donors (Lipinski definition) is 1. The molecule has 1 aliphatic rings. The van der Waals surface area contributed by atoms with Crippen LogP contribution in [0.1, 0.15) is 26.7 Å². The van der Waals surface area contributed by atoms with Crippen molar-refractivity contribution < 1.29 is 13.9 Å². The molecule has 1 aromatic heterocycles. The van der Waals surface area contributed by atoms with Gasteiger partial charge in [0.2, 0.25) is 0 Å². The van der Waals surface area contributed by atoms with Gasteiger partial charge in [0.15, 0.2) is 11.9 Å². The van der Waals surface area contributed by atoms with Crippen LogP contribution in [0, 0.1) is 11.7 Å². The van der Waals surface area contributed by atoms with Crippen LogP contribution in [0.15, 0.2) is 60.7 Å². The van der Waals surface area contributed by atoms with E-state index in [-0.39, 0.29) is 11.7 Å². The fourth-order valence-electron chi connectivity index (χ4n) is 3.66. The Bertz CT molecular complexity index is 1050. The summed E-state index contributed by atoms with van der Waals surface area (Å²) in [6, 6.07) is 17.0. The fourth-order valence-corrected chi connectivity index (χ4v) is 3.66. The van der Waals surface area contributed by atoms with Gasteiger partial charge in [0.25, 0.3) is 5.91 Å². The summed E-state index contributed by atoms with van der Waals surface area (Å²) in [5.41, 5.74) is 2.24. The second-order valence-corrected chi connectivity index (χ2v) is 8.23. The zero-order valence-electron chi connectivity index (χ0n) is 18.3. The first-order valence-corrected chi connectivity index (χ1v) is 10.9. The summed E-state index contributed by atoms with van der Waals surface area (Å²) in [4.78, 5) is 14.8. The van der Waals surface area contributed by atoms with Gasteiger partial charge in [-0.15, -0.1) is 10.2 Å². The van der Waals surface area contributed by atoms with Crippen LogP contribution < -0.4 is 15.0 Å². The van der Waals surface area contributed by atoms with Crippen molar-refractivity contribution in [1.29, 1.82) is 0 Å². The van der Waals surface area contributed by atoms with Crippen LogP contribution in [0.5, 0.6) is 5.75 Å². The highest BCUT2D eigenvalue weighted by molar-refractivity contribution is 5.94. The van der Waals surface area contributed by atoms with Crippen LogP contribution in [0.25, 0.3) is 11.3 Å². The van der Waals surface area contributed by atoms with Gasteiger partial charge in [-0.3, -0.25) is 4.79 Å². The Hall–Kier alpha value is -3.48. The highest BCUT2D eigenvalue weighted by Crippen LogP contribution is 2.24. The summed E-state index contributed by atoms with van der Waals surface area (Å²) < 4.78 is 18.6. The first-order valence-electron chi connectivity index (χ1n) is 10.9. The number of ether oxygens (including phenoxy) is 1. The molecule has 2 heterocycles. The number of anilines is 2. The molecule has 1 saturated heterocycles. The normalized spacial score (nSPS) is 15.3. The number of hydrogen-bond acceptors (Lipinski definition) is 5. The minimum Gasteiger partial charge on any atom is -0.481 e. The van der Waals surface area contributed by atoms with E-state index in [0.717, 1.165) is 36.1 Å². The first-order chi connectivity index (χ1) is 15.5. The summed E-state index contributed by atoms with van der Waals surface area (Å²) in [5.74, 6) is 1.44. The minimum absolute atomic E-state index is 0.299. The highest BCUT2D eigenvalue weighted by Gasteiger charge is 2.18. The average Bonchev–Trinajstić information content (AvgIpc) is 2.81. The van der Waals surface area contributed by atoms with Gasteiger partial charge < -0.3 is 15.0 Å². The Kier molecular flexibility index (Phi) is 6.63. The molecular formula is C25H27FN4O2. The van der Waals surface area contributed by atoms with Crippen LogP contribution in [0.2, 0.25) is 0 Å². The van der Waals surface area contributed by atoms with E-state index in [0.29, 0.717) is 11.4 Å². The smallest absolute Gasteiger partial charge is 0.265 e. The van der Waals surface area contributed by atoms with Crippen molar-refractivity contribution in [3.8, 4) is 17.0 Å². The number of carbonyl (C=O) groups is 1. The lowest BCUT2D eigenvalue weighted by atomic mass is 9.99. The number of piperidine rings is 1. The number of rotatable bonds is 6. The zero-order valence-corrected chi connectivity index (χ0v) is 18.3. The van der Waals surface area contributed by atoms with Gasteiger partial charge in [-0.2, -0.15) is 0 Å². The Morgan fingerprint density at radius 2 is 1.84 bits per heavy atom. The molecule has 3 aromatic rings. The van der Waals surface area contributed by atoms with Crippen molar-refractivity contribution in [3.05, 3.63) is 66.5 Å².